The number of ether oxygens (including phenoxy) is 3. The number of hydrogen-bond acceptors (Lipinski definition) is 4. The van der Waals surface area contributed by atoms with Gasteiger partial charge in [-0.2, -0.15) is 0 Å². The van der Waals surface area contributed by atoms with Gasteiger partial charge in [0.1, 0.15) is 0 Å². The van der Waals surface area contributed by atoms with Crippen LogP contribution in [0.3, 0.4) is 0 Å². The molecule has 1 saturated heterocycles. The van der Waals surface area contributed by atoms with Crippen molar-refractivity contribution in [1.82, 2.24) is 4.90 Å². The average Bonchev–Trinajstić information content (AvgIpc) is 3.07. The third-order valence-electron chi connectivity index (χ3n) is 5.24. The Kier molecular flexibility index (Phi) is 3.74. The Labute approximate surface area is 127 Å². The van der Waals surface area contributed by atoms with Crippen LogP contribution >= 0.6 is 0 Å². The average molecular weight is 291 g/mol. The summed E-state index contributed by atoms with van der Waals surface area (Å²) in [6, 6.07) is 4.12. The highest BCUT2D eigenvalue weighted by atomic mass is 16.5. The molecule has 0 radical (unpaired) electrons. The van der Waals surface area contributed by atoms with E-state index in [1.165, 1.54) is 24.9 Å². The number of hydrogen-bond donors (Lipinski definition) is 0. The van der Waals surface area contributed by atoms with Gasteiger partial charge in [0, 0.05) is 12.1 Å². The van der Waals surface area contributed by atoms with Crippen LogP contribution in [-0.4, -0.2) is 44.9 Å². The Morgan fingerprint density at radius 1 is 1.14 bits per heavy atom. The number of benzene rings is 1. The number of rotatable bonds is 6. The maximum Gasteiger partial charge on any atom is 0.203 e. The van der Waals surface area contributed by atoms with Gasteiger partial charge in [-0.3, -0.25) is 4.90 Å². The van der Waals surface area contributed by atoms with E-state index >= 15 is 0 Å². The van der Waals surface area contributed by atoms with Crippen LogP contribution in [-0.2, 0) is 6.42 Å². The summed E-state index contributed by atoms with van der Waals surface area (Å²) in [5.74, 6) is 3.09. The van der Waals surface area contributed by atoms with Gasteiger partial charge in [-0.1, -0.05) is 0 Å². The molecule has 4 heteroatoms. The molecule has 0 spiro atoms. The molecule has 1 aromatic carbocycles. The zero-order chi connectivity index (χ0) is 15.0. The summed E-state index contributed by atoms with van der Waals surface area (Å²) in [7, 11) is 4.97. The lowest BCUT2D eigenvalue weighted by molar-refractivity contribution is 0.228. The summed E-state index contributed by atoms with van der Waals surface area (Å²) in [5.41, 5.74) is 1.72. The first-order valence-corrected chi connectivity index (χ1v) is 7.66. The monoisotopic (exact) mass is 291 g/mol. The van der Waals surface area contributed by atoms with Gasteiger partial charge in [0.2, 0.25) is 5.75 Å². The maximum atomic E-state index is 5.42. The minimum atomic E-state index is 0.487. The molecule has 0 bridgehead atoms. The van der Waals surface area contributed by atoms with Crippen molar-refractivity contribution < 1.29 is 14.2 Å². The topological polar surface area (TPSA) is 30.9 Å². The van der Waals surface area contributed by atoms with E-state index in [1.54, 1.807) is 21.3 Å². The smallest absolute Gasteiger partial charge is 0.203 e. The zero-order valence-corrected chi connectivity index (χ0v) is 13.4. The van der Waals surface area contributed by atoms with Crippen LogP contribution in [0.4, 0.5) is 0 Å². The molecular formula is C17H25NO3. The van der Waals surface area contributed by atoms with Crippen LogP contribution < -0.4 is 14.2 Å². The molecule has 1 aliphatic heterocycles. The fourth-order valence-corrected chi connectivity index (χ4v) is 3.72. The van der Waals surface area contributed by atoms with Gasteiger partial charge in [0.25, 0.3) is 0 Å². The van der Waals surface area contributed by atoms with E-state index in [4.69, 9.17) is 14.2 Å². The van der Waals surface area contributed by atoms with Gasteiger partial charge >= 0.3 is 0 Å². The summed E-state index contributed by atoms with van der Waals surface area (Å²) in [5, 5.41) is 0. The number of piperidine rings is 1. The normalized spacial score (nSPS) is 27.3. The van der Waals surface area contributed by atoms with E-state index in [1.807, 2.05) is 0 Å². The molecule has 2 atom stereocenters. The molecule has 4 nitrogen and oxygen atoms in total. The molecular weight excluding hydrogens is 266 g/mol. The fourth-order valence-electron chi connectivity index (χ4n) is 3.72. The van der Waals surface area contributed by atoms with Gasteiger partial charge in [-0.05, 0) is 56.3 Å². The minimum Gasteiger partial charge on any atom is -0.493 e. The van der Waals surface area contributed by atoms with Crippen molar-refractivity contribution in [3.8, 4) is 17.2 Å². The van der Waals surface area contributed by atoms with Crippen LogP contribution in [0.1, 0.15) is 25.3 Å². The van der Waals surface area contributed by atoms with E-state index in [-0.39, 0.29) is 0 Å². The van der Waals surface area contributed by atoms with Gasteiger partial charge in [-0.15, -0.1) is 0 Å². The maximum absolute atomic E-state index is 5.42. The predicted octanol–water partition coefficient (Wildman–Crippen LogP) is 2.74. The molecule has 0 amide bonds. The highest BCUT2D eigenvalue weighted by Gasteiger charge is 2.57. The molecule has 2 fully saturated rings. The second-order valence-electron chi connectivity index (χ2n) is 6.32. The van der Waals surface area contributed by atoms with E-state index in [0.29, 0.717) is 11.3 Å². The molecule has 1 aromatic rings. The molecule has 0 aromatic heterocycles. The molecule has 1 saturated carbocycles. The molecule has 21 heavy (non-hydrogen) atoms. The fraction of sp³-hybridized carbons (Fsp3) is 0.647. The van der Waals surface area contributed by atoms with E-state index < -0.39 is 0 Å². The third kappa shape index (κ3) is 2.46. The predicted molar refractivity (Wildman–Crippen MR) is 82.5 cm³/mol. The number of nitrogens with zero attached hydrogens (tertiary/aromatic N) is 1. The van der Waals surface area contributed by atoms with Gasteiger partial charge in [-0.25, -0.2) is 0 Å². The lowest BCUT2D eigenvalue weighted by Gasteiger charge is -2.25. The largest absolute Gasteiger partial charge is 0.493 e. The SMILES string of the molecule is COc1cc(CCN2CC[C@@H]3C[C@@]32C)cc(OC)c1OC. The van der Waals surface area contributed by atoms with Crippen LogP contribution in [0, 0.1) is 5.92 Å². The van der Waals surface area contributed by atoms with Crippen LogP contribution in [0.15, 0.2) is 12.1 Å². The molecule has 0 N–H and O–H groups in total. The molecule has 0 unspecified atom stereocenters. The molecule has 3 rings (SSSR count). The molecule has 1 aliphatic carbocycles. The standard InChI is InChI=1S/C17H25NO3/c1-17-11-13(17)6-8-18(17)7-5-12-9-14(19-2)16(21-4)15(10-12)20-3/h9-10,13H,5-8,11H2,1-4H3/t13-,17+/m1/s1. The van der Waals surface area contributed by atoms with E-state index in [0.717, 1.165) is 30.4 Å². The Hall–Kier alpha value is -1.42. The Morgan fingerprint density at radius 3 is 2.24 bits per heavy atom. The summed E-state index contributed by atoms with van der Waals surface area (Å²) < 4.78 is 16.2. The van der Waals surface area contributed by atoms with Crippen molar-refractivity contribution in [2.75, 3.05) is 34.4 Å². The third-order valence-corrected chi connectivity index (χ3v) is 5.24. The number of methoxy groups -OCH3 is 3. The Balaban J connectivity index is 1.73. The first kappa shape index (κ1) is 14.5. The summed E-state index contributed by atoms with van der Waals surface area (Å²) in [6.45, 7) is 4.75. The lowest BCUT2D eigenvalue weighted by Crippen LogP contribution is -2.33. The van der Waals surface area contributed by atoms with Crippen molar-refractivity contribution in [2.45, 2.75) is 31.7 Å². The second-order valence-corrected chi connectivity index (χ2v) is 6.32. The lowest BCUT2D eigenvalue weighted by atomic mass is 10.1. The Bertz CT molecular complexity index is 504. The van der Waals surface area contributed by atoms with Crippen molar-refractivity contribution in [1.29, 1.82) is 0 Å². The first-order chi connectivity index (χ1) is 10.1. The van der Waals surface area contributed by atoms with E-state index in [9.17, 15) is 0 Å². The molecule has 116 valence electrons. The van der Waals surface area contributed by atoms with Crippen molar-refractivity contribution >= 4 is 0 Å². The number of fused-ring (bicyclic) bond motifs is 1. The molecule has 1 heterocycles. The number of likely N-dealkylation sites (tertiary alicyclic amines) is 1. The van der Waals surface area contributed by atoms with Crippen LogP contribution in [0.5, 0.6) is 17.2 Å². The van der Waals surface area contributed by atoms with Gasteiger partial charge < -0.3 is 14.2 Å². The van der Waals surface area contributed by atoms with Crippen molar-refractivity contribution in [3.63, 3.8) is 0 Å². The summed E-state index contributed by atoms with van der Waals surface area (Å²) in [4.78, 5) is 2.64. The zero-order valence-electron chi connectivity index (χ0n) is 13.4. The van der Waals surface area contributed by atoms with Gasteiger partial charge in [0.15, 0.2) is 11.5 Å². The quantitative estimate of drug-likeness (QED) is 0.806. The van der Waals surface area contributed by atoms with Crippen LogP contribution in [0.2, 0.25) is 0 Å². The summed E-state index contributed by atoms with van der Waals surface area (Å²) in [6.07, 6.45) is 3.76. The van der Waals surface area contributed by atoms with Crippen molar-refractivity contribution in [2.24, 2.45) is 5.92 Å². The van der Waals surface area contributed by atoms with E-state index in [2.05, 4.69) is 24.0 Å². The van der Waals surface area contributed by atoms with Crippen LogP contribution in [0.25, 0.3) is 0 Å². The highest BCUT2D eigenvalue weighted by molar-refractivity contribution is 5.53. The summed E-state index contributed by atoms with van der Waals surface area (Å²) >= 11 is 0. The first-order valence-electron chi connectivity index (χ1n) is 7.66. The van der Waals surface area contributed by atoms with Gasteiger partial charge in [0.05, 0.1) is 21.3 Å². The van der Waals surface area contributed by atoms with Crippen molar-refractivity contribution in [3.05, 3.63) is 17.7 Å². The second kappa shape index (κ2) is 5.41. The minimum absolute atomic E-state index is 0.487. The molecule has 2 aliphatic rings. The Morgan fingerprint density at radius 2 is 1.81 bits per heavy atom. The highest BCUT2D eigenvalue weighted by Crippen LogP contribution is 2.55.